The molecule has 0 fully saturated rings. The van der Waals surface area contributed by atoms with Crippen molar-refractivity contribution < 1.29 is 8.83 Å². The summed E-state index contributed by atoms with van der Waals surface area (Å²) in [5, 5.41) is 6.83. The number of aromatic nitrogens is 3. The first-order chi connectivity index (χ1) is 28.2. The second-order valence-corrected chi connectivity index (χ2v) is 15.4. The number of benzene rings is 8. The Bertz CT molecular complexity index is 3540. The van der Waals surface area contributed by atoms with Gasteiger partial charge in [0, 0.05) is 64.0 Å². The Morgan fingerprint density at radius 1 is 0.316 bits per heavy atom. The molecule has 0 unspecified atom stereocenters. The highest BCUT2D eigenvalue weighted by atomic mass is 32.1. The number of fused-ring (bicyclic) bond motifs is 9. The Labute approximate surface area is 330 Å². The molecule has 0 aliphatic rings. The summed E-state index contributed by atoms with van der Waals surface area (Å²) in [6.45, 7) is 0. The van der Waals surface area contributed by atoms with Crippen LogP contribution >= 0.6 is 11.3 Å². The fourth-order valence-corrected chi connectivity index (χ4v) is 9.35. The average Bonchev–Trinajstić information content (AvgIpc) is 3.97. The first kappa shape index (κ1) is 31.9. The number of thiophene rings is 1. The predicted octanol–water partition coefficient (Wildman–Crippen LogP) is 14.4. The van der Waals surface area contributed by atoms with Crippen LogP contribution in [0.3, 0.4) is 0 Å². The van der Waals surface area contributed by atoms with Gasteiger partial charge in [0.25, 0.3) is 0 Å². The van der Waals surface area contributed by atoms with E-state index in [0.717, 1.165) is 82.8 Å². The third-order valence-electron chi connectivity index (χ3n) is 11.0. The predicted molar refractivity (Wildman–Crippen MR) is 234 cm³/mol. The van der Waals surface area contributed by atoms with Crippen molar-refractivity contribution in [2.45, 2.75) is 0 Å². The van der Waals surface area contributed by atoms with Crippen LogP contribution in [-0.4, -0.2) is 15.0 Å². The Morgan fingerprint density at radius 2 is 0.895 bits per heavy atom. The van der Waals surface area contributed by atoms with E-state index in [2.05, 4.69) is 109 Å². The van der Waals surface area contributed by atoms with Gasteiger partial charge in [0.2, 0.25) is 0 Å². The first-order valence-corrected chi connectivity index (χ1v) is 19.7. The zero-order valence-electron chi connectivity index (χ0n) is 30.3. The van der Waals surface area contributed by atoms with E-state index in [1.165, 1.54) is 20.2 Å². The number of furan rings is 2. The number of para-hydroxylation sites is 3. The molecule has 12 aromatic rings. The van der Waals surface area contributed by atoms with Gasteiger partial charge in [-0.05, 0) is 59.2 Å². The van der Waals surface area contributed by atoms with Gasteiger partial charge in [-0.3, -0.25) is 0 Å². The maximum Gasteiger partial charge on any atom is 0.164 e. The summed E-state index contributed by atoms with van der Waals surface area (Å²) < 4.78 is 15.1. The van der Waals surface area contributed by atoms with Gasteiger partial charge in [-0.2, -0.15) is 0 Å². The molecule has 0 radical (unpaired) electrons. The topological polar surface area (TPSA) is 65.0 Å². The molecule has 0 bridgehead atoms. The maximum atomic E-state index is 6.47. The molecule has 0 aliphatic carbocycles. The molecule has 0 saturated heterocycles. The first-order valence-electron chi connectivity index (χ1n) is 18.9. The van der Waals surface area contributed by atoms with E-state index < -0.39 is 0 Å². The van der Waals surface area contributed by atoms with E-state index in [-0.39, 0.29) is 0 Å². The molecule has 4 heterocycles. The third-order valence-corrected chi connectivity index (χ3v) is 12.1. The lowest BCUT2D eigenvalue weighted by molar-refractivity contribution is 0.669. The fraction of sp³-hybridized carbons (Fsp3) is 0. The lowest BCUT2D eigenvalue weighted by Gasteiger charge is -2.11. The smallest absolute Gasteiger partial charge is 0.164 e. The molecule has 0 atom stereocenters. The monoisotopic (exact) mass is 747 g/mol. The molecule has 8 aromatic carbocycles. The zero-order valence-corrected chi connectivity index (χ0v) is 31.1. The van der Waals surface area contributed by atoms with Crippen LogP contribution in [0.2, 0.25) is 0 Å². The molecule has 4 aromatic heterocycles. The van der Waals surface area contributed by atoms with Crippen LogP contribution < -0.4 is 0 Å². The summed E-state index contributed by atoms with van der Waals surface area (Å²) >= 11 is 1.79. The zero-order chi connectivity index (χ0) is 37.5. The van der Waals surface area contributed by atoms with Crippen LogP contribution in [0.4, 0.5) is 0 Å². The van der Waals surface area contributed by atoms with E-state index in [1.54, 1.807) is 11.3 Å². The fourth-order valence-electron chi connectivity index (χ4n) is 8.23. The van der Waals surface area contributed by atoms with Crippen LogP contribution in [0.15, 0.2) is 185 Å². The van der Waals surface area contributed by atoms with Gasteiger partial charge in [-0.15, -0.1) is 11.3 Å². The Morgan fingerprint density at radius 3 is 1.70 bits per heavy atom. The minimum atomic E-state index is 0.597. The number of hydrogen-bond donors (Lipinski definition) is 0. The summed E-state index contributed by atoms with van der Waals surface area (Å²) in [4.78, 5) is 15.1. The molecule has 6 heteroatoms. The van der Waals surface area contributed by atoms with Crippen molar-refractivity contribution >= 4 is 75.4 Å². The van der Waals surface area contributed by atoms with Crippen molar-refractivity contribution in [3.8, 4) is 56.4 Å². The second kappa shape index (κ2) is 12.6. The van der Waals surface area contributed by atoms with Crippen molar-refractivity contribution in [2.75, 3.05) is 0 Å². The molecule has 0 N–H and O–H groups in total. The van der Waals surface area contributed by atoms with E-state index in [1.807, 2.05) is 66.7 Å². The van der Waals surface area contributed by atoms with E-state index >= 15 is 0 Å². The van der Waals surface area contributed by atoms with Gasteiger partial charge in [-0.25, -0.2) is 15.0 Å². The largest absolute Gasteiger partial charge is 0.456 e. The summed E-state index contributed by atoms with van der Waals surface area (Å²) in [5.74, 6) is 1.84. The molecule has 0 aliphatic heterocycles. The summed E-state index contributed by atoms with van der Waals surface area (Å²) in [6.07, 6.45) is 0. The summed E-state index contributed by atoms with van der Waals surface area (Å²) in [5.41, 5.74) is 10.8. The number of rotatable bonds is 5. The molecular weight excluding hydrogens is 719 g/mol. The Balaban J connectivity index is 0.967. The lowest BCUT2D eigenvalue weighted by atomic mass is 9.93. The van der Waals surface area contributed by atoms with Gasteiger partial charge in [0.15, 0.2) is 17.5 Å². The Hall–Kier alpha value is -7.41. The minimum absolute atomic E-state index is 0.597. The van der Waals surface area contributed by atoms with Crippen LogP contribution in [0.1, 0.15) is 0 Å². The summed E-state index contributed by atoms with van der Waals surface area (Å²) in [6, 6.07) is 61.1. The van der Waals surface area contributed by atoms with Crippen LogP contribution in [0.25, 0.3) is 120 Å². The Kier molecular flexibility index (Phi) is 7.03. The molecular formula is C51H29N3O2S. The highest BCUT2D eigenvalue weighted by molar-refractivity contribution is 7.25. The van der Waals surface area contributed by atoms with Gasteiger partial charge in [-0.1, -0.05) is 133 Å². The second-order valence-electron chi connectivity index (χ2n) is 14.3. The van der Waals surface area contributed by atoms with Crippen molar-refractivity contribution in [3.05, 3.63) is 176 Å². The quantitative estimate of drug-likeness (QED) is 0.175. The van der Waals surface area contributed by atoms with E-state index in [9.17, 15) is 0 Å². The highest BCUT2D eigenvalue weighted by Crippen LogP contribution is 2.43. The number of nitrogens with zero attached hydrogens (tertiary/aromatic N) is 3. The highest BCUT2D eigenvalue weighted by Gasteiger charge is 2.18. The normalized spacial score (nSPS) is 11.9. The SMILES string of the molecule is c1ccc(-c2nc(-c3ccc4c(c3)oc3ccccc34)nc(-c3ccc4c(c3)sc3ccc(-c5ccccc5-c5cccc6c5oc5ccccc56)cc34)n2)cc1. The van der Waals surface area contributed by atoms with Crippen molar-refractivity contribution in [2.24, 2.45) is 0 Å². The summed E-state index contributed by atoms with van der Waals surface area (Å²) in [7, 11) is 0. The van der Waals surface area contributed by atoms with E-state index in [4.69, 9.17) is 23.8 Å². The molecule has 57 heavy (non-hydrogen) atoms. The minimum Gasteiger partial charge on any atom is -0.456 e. The molecule has 0 saturated carbocycles. The molecule has 266 valence electrons. The van der Waals surface area contributed by atoms with E-state index in [0.29, 0.717) is 17.5 Å². The van der Waals surface area contributed by atoms with Gasteiger partial charge in [0.1, 0.15) is 22.3 Å². The molecule has 0 spiro atoms. The van der Waals surface area contributed by atoms with Crippen LogP contribution in [-0.2, 0) is 0 Å². The molecule has 12 rings (SSSR count). The molecule has 5 nitrogen and oxygen atoms in total. The van der Waals surface area contributed by atoms with Crippen molar-refractivity contribution in [1.29, 1.82) is 0 Å². The standard InChI is InChI=1S/C51H29N3O2S/c1-2-11-30(12-3-1)49-52-50(32-21-24-38-36-15-6-8-19-43(36)55-45(38)28-32)54-51(53-49)33-22-25-39-42-27-31(23-26-46(42)57-47(39)29-33)34-13-4-5-14-35(34)40-17-10-18-41-37-16-7-9-20-44(37)56-48(40)41/h1-29H. The van der Waals surface area contributed by atoms with Gasteiger partial charge < -0.3 is 8.83 Å². The molecule has 0 amide bonds. The average molecular weight is 748 g/mol. The lowest BCUT2D eigenvalue weighted by Crippen LogP contribution is -2.00. The van der Waals surface area contributed by atoms with Crippen molar-refractivity contribution in [1.82, 2.24) is 15.0 Å². The van der Waals surface area contributed by atoms with Crippen LogP contribution in [0.5, 0.6) is 0 Å². The number of hydrogen-bond acceptors (Lipinski definition) is 6. The van der Waals surface area contributed by atoms with Gasteiger partial charge in [0.05, 0.1) is 0 Å². The maximum absolute atomic E-state index is 6.47. The third kappa shape index (κ3) is 5.19. The van der Waals surface area contributed by atoms with Crippen molar-refractivity contribution in [3.63, 3.8) is 0 Å². The van der Waals surface area contributed by atoms with Gasteiger partial charge >= 0.3 is 0 Å². The van der Waals surface area contributed by atoms with Crippen LogP contribution in [0, 0.1) is 0 Å².